The SMILES string of the molecule is C[C@H](NC(=O)C[C@H]1C[C@H]2CC[C@H]1C2)c1ccc(-n2cncn2)cc1. The van der Waals surface area contributed by atoms with Crippen LogP contribution in [-0.4, -0.2) is 20.7 Å². The van der Waals surface area contributed by atoms with E-state index in [0.29, 0.717) is 12.3 Å². The third-order valence-corrected chi connectivity index (χ3v) is 5.79. The van der Waals surface area contributed by atoms with Gasteiger partial charge in [0, 0.05) is 6.42 Å². The number of carbonyl (C=O) groups excluding carboxylic acids is 1. The van der Waals surface area contributed by atoms with Gasteiger partial charge in [-0.3, -0.25) is 4.79 Å². The fourth-order valence-corrected chi connectivity index (χ4v) is 4.51. The molecule has 2 aliphatic rings. The van der Waals surface area contributed by atoms with Gasteiger partial charge in [0.25, 0.3) is 0 Å². The number of benzene rings is 1. The van der Waals surface area contributed by atoms with Gasteiger partial charge in [-0.25, -0.2) is 9.67 Å². The largest absolute Gasteiger partial charge is 0.350 e. The second-order valence-corrected chi connectivity index (χ2v) is 7.36. The maximum absolute atomic E-state index is 12.4. The molecule has 5 heteroatoms. The van der Waals surface area contributed by atoms with Gasteiger partial charge >= 0.3 is 0 Å². The van der Waals surface area contributed by atoms with Gasteiger partial charge in [-0.1, -0.05) is 18.6 Å². The van der Waals surface area contributed by atoms with Gasteiger partial charge in [0.05, 0.1) is 11.7 Å². The summed E-state index contributed by atoms with van der Waals surface area (Å²) in [5.74, 6) is 2.51. The Morgan fingerprint density at radius 1 is 1.29 bits per heavy atom. The lowest BCUT2D eigenvalue weighted by Gasteiger charge is -2.22. The van der Waals surface area contributed by atoms with Gasteiger partial charge in [-0.2, -0.15) is 5.10 Å². The zero-order chi connectivity index (χ0) is 16.5. The normalized spacial score (nSPS) is 26.5. The molecule has 1 amide bonds. The number of hydrogen-bond donors (Lipinski definition) is 1. The van der Waals surface area contributed by atoms with Crippen LogP contribution < -0.4 is 5.32 Å². The minimum Gasteiger partial charge on any atom is -0.350 e. The van der Waals surface area contributed by atoms with Gasteiger partial charge in [0.1, 0.15) is 12.7 Å². The summed E-state index contributed by atoms with van der Waals surface area (Å²) >= 11 is 0. The molecule has 0 saturated heterocycles. The molecule has 1 aromatic carbocycles. The van der Waals surface area contributed by atoms with Gasteiger partial charge in [0.2, 0.25) is 5.91 Å². The Labute approximate surface area is 142 Å². The van der Waals surface area contributed by atoms with E-state index in [-0.39, 0.29) is 11.9 Å². The van der Waals surface area contributed by atoms with E-state index in [1.54, 1.807) is 11.0 Å². The maximum Gasteiger partial charge on any atom is 0.220 e. The van der Waals surface area contributed by atoms with E-state index >= 15 is 0 Å². The molecular weight excluding hydrogens is 300 g/mol. The lowest BCUT2D eigenvalue weighted by molar-refractivity contribution is -0.123. The molecule has 0 spiro atoms. The molecule has 0 aliphatic heterocycles. The van der Waals surface area contributed by atoms with Crippen LogP contribution in [0.15, 0.2) is 36.9 Å². The van der Waals surface area contributed by atoms with Crippen molar-refractivity contribution in [1.29, 1.82) is 0 Å². The van der Waals surface area contributed by atoms with Gasteiger partial charge < -0.3 is 5.32 Å². The molecule has 2 bridgehead atoms. The lowest BCUT2D eigenvalue weighted by Crippen LogP contribution is -2.29. The zero-order valence-corrected chi connectivity index (χ0v) is 14.1. The van der Waals surface area contributed by atoms with Crippen molar-refractivity contribution < 1.29 is 4.79 Å². The highest BCUT2D eigenvalue weighted by molar-refractivity contribution is 5.76. The Balaban J connectivity index is 1.33. The minimum atomic E-state index is 0.0286. The highest BCUT2D eigenvalue weighted by atomic mass is 16.1. The summed E-state index contributed by atoms with van der Waals surface area (Å²) in [7, 11) is 0. The second-order valence-electron chi connectivity index (χ2n) is 7.36. The second kappa shape index (κ2) is 6.38. The van der Waals surface area contributed by atoms with Crippen LogP contribution in [0, 0.1) is 17.8 Å². The minimum absolute atomic E-state index is 0.0286. The summed E-state index contributed by atoms with van der Waals surface area (Å²) in [4.78, 5) is 16.3. The van der Waals surface area contributed by atoms with Crippen molar-refractivity contribution in [2.45, 2.75) is 45.1 Å². The number of fused-ring (bicyclic) bond motifs is 2. The fourth-order valence-electron chi connectivity index (χ4n) is 4.51. The molecule has 24 heavy (non-hydrogen) atoms. The number of aromatic nitrogens is 3. The molecule has 1 aromatic heterocycles. The van der Waals surface area contributed by atoms with Gasteiger partial charge in [0.15, 0.2) is 0 Å². The van der Waals surface area contributed by atoms with Gasteiger partial charge in [-0.05, 0) is 61.6 Å². The molecular formula is C19H24N4O. The average molecular weight is 324 g/mol. The van der Waals surface area contributed by atoms with Crippen LogP contribution in [0.4, 0.5) is 0 Å². The third kappa shape index (κ3) is 3.07. The molecule has 0 unspecified atom stereocenters. The van der Waals surface area contributed by atoms with Crippen LogP contribution in [0.5, 0.6) is 0 Å². The van der Waals surface area contributed by atoms with Crippen molar-refractivity contribution in [2.75, 3.05) is 0 Å². The van der Waals surface area contributed by atoms with E-state index in [4.69, 9.17) is 0 Å². The van der Waals surface area contributed by atoms with Crippen molar-refractivity contribution >= 4 is 5.91 Å². The first-order valence-electron chi connectivity index (χ1n) is 8.93. The number of nitrogens with zero attached hydrogens (tertiary/aromatic N) is 3. The van der Waals surface area contributed by atoms with E-state index in [2.05, 4.69) is 15.4 Å². The Bertz CT molecular complexity index is 695. The van der Waals surface area contributed by atoms with Crippen molar-refractivity contribution in [1.82, 2.24) is 20.1 Å². The van der Waals surface area contributed by atoms with Crippen LogP contribution in [0.25, 0.3) is 5.69 Å². The summed E-state index contributed by atoms with van der Waals surface area (Å²) in [6.07, 6.45) is 9.24. The standard InChI is InChI=1S/C19H24N4O/c1-13(15-4-6-18(7-5-15)23-12-20-11-21-23)22-19(24)10-17-9-14-2-3-16(17)8-14/h4-7,11-14,16-17H,2-3,8-10H2,1H3,(H,22,24)/t13-,14-,16-,17+/m0/s1. The lowest BCUT2D eigenvalue weighted by atomic mass is 9.86. The van der Waals surface area contributed by atoms with Gasteiger partial charge in [-0.15, -0.1) is 0 Å². The molecule has 4 atom stereocenters. The first kappa shape index (κ1) is 15.4. The highest BCUT2D eigenvalue weighted by Crippen LogP contribution is 2.49. The summed E-state index contributed by atoms with van der Waals surface area (Å²) < 4.78 is 1.72. The predicted octanol–water partition coefficient (Wildman–Crippen LogP) is 3.27. The summed E-state index contributed by atoms with van der Waals surface area (Å²) in [6, 6.07) is 8.12. The Hall–Kier alpha value is -2.17. The maximum atomic E-state index is 12.4. The molecule has 126 valence electrons. The average Bonchev–Trinajstić information content (AvgIpc) is 3.32. The molecule has 1 N–H and O–H groups in total. The first-order valence-corrected chi connectivity index (χ1v) is 8.93. The van der Waals surface area contributed by atoms with Crippen LogP contribution in [0.1, 0.15) is 50.6 Å². The molecule has 2 saturated carbocycles. The van der Waals surface area contributed by atoms with Crippen molar-refractivity contribution in [3.05, 3.63) is 42.5 Å². The summed E-state index contributed by atoms with van der Waals surface area (Å²) in [5, 5.41) is 7.28. The van der Waals surface area contributed by atoms with Crippen molar-refractivity contribution in [3.63, 3.8) is 0 Å². The van der Waals surface area contributed by atoms with Crippen LogP contribution in [0.2, 0.25) is 0 Å². The van der Waals surface area contributed by atoms with Crippen molar-refractivity contribution in [2.24, 2.45) is 17.8 Å². The highest BCUT2D eigenvalue weighted by Gasteiger charge is 2.40. The fraction of sp³-hybridized carbons (Fsp3) is 0.526. The number of hydrogen-bond acceptors (Lipinski definition) is 3. The Morgan fingerprint density at radius 2 is 2.12 bits per heavy atom. The van der Waals surface area contributed by atoms with Crippen LogP contribution >= 0.6 is 0 Å². The molecule has 2 aromatic rings. The summed E-state index contributed by atoms with van der Waals surface area (Å²) in [6.45, 7) is 2.04. The smallest absolute Gasteiger partial charge is 0.220 e. The number of rotatable bonds is 5. The van der Waals surface area contributed by atoms with Crippen LogP contribution in [0.3, 0.4) is 0 Å². The van der Waals surface area contributed by atoms with E-state index in [0.717, 1.165) is 23.1 Å². The third-order valence-electron chi connectivity index (χ3n) is 5.79. The number of nitrogens with one attached hydrogen (secondary N) is 1. The number of amides is 1. The first-order chi connectivity index (χ1) is 11.7. The van der Waals surface area contributed by atoms with E-state index in [1.165, 1.54) is 32.0 Å². The monoisotopic (exact) mass is 324 g/mol. The molecule has 2 fully saturated rings. The molecule has 0 radical (unpaired) electrons. The zero-order valence-electron chi connectivity index (χ0n) is 14.1. The molecule has 5 nitrogen and oxygen atoms in total. The predicted molar refractivity (Wildman–Crippen MR) is 91.5 cm³/mol. The van der Waals surface area contributed by atoms with E-state index in [9.17, 15) is 4.79 Å². The number of carbonyl (C=O) groups is 1. The van der Waals surface area contributed by atoms with Crippen LogP contribution in [-0.2, 0) is 4.79 Å². The van der Waals surface area contributed by atoms with Crippen molar-refractivity contribution in [3.8, 4) is 5.69 Å². The molecule has 2 aliphatic carbocycles. The van der Waals surface area contributed by atoms with E-state index in [1.807, 2.05) is 31.2 Å². The van der Waals surface area contributed by atoms with E-state index < -0.39 is 0 Å². The Morgan fingerprint density at radius 3 is 2.75 bits per heavy atom. The quantitative estimate of drug-likeness (QED) is 0.918. The summed E-state index contributed by atoms with van der Waals surface area (Å²) in [5.41, 5.74) is 2.08. The Kier molecular flexibility index (Phi) is 4.08. The molecule has 1 heterocycles. The topological polar surface area (TPSA) is 59.8 Å². The molecule has 4 rings (SSSR count).